The molecule has 6 nitrogen and oxygen atoms in total. The zero-order chi connectivity index (χ0) is 23.4. The monoisotopic (exact) mass is 466 g/mol. The van der Waals surface area contributed by atoms with Crippen LogP contribution in [0.15, 0.2) is 58.5 Å². The summed E-state index contributed by atoms with van der Waals surface area (Å²) in [6.07, 6.45) is 3.04. The molecule has 2 atom stereocenters. The highest BCUT2D eigenvalue weighted by atomic mass is 32.1. The molecule has 1 aliphatic rings. The average molecular weight is 467 g/mol. The van der Waals surface area contributed by atoms with Crippen molar-refractivity contribution in [3.63, 3.8) is 0 Å². The minimum atomic E-state index is -0.261. The van der Waals surface area contributed by atoms with Crippen LogP contribution in [-0.2, 0) is 11.2 Å². The van der Waals surface area contributed by atoms with Crippen LogP contribution in [0.25, 0.3) is 0 Å². The molecule has 0 N–H and O–H groups in total. The van der Waals surface area contributed by atoms with Gasteiger partial charge < -0.3 is 19.0 Å². The summed E-state index contributed by atoms with van der Waals surface area (Å²) in [7, 11) is 0. The fraction of sp³-hybridized carbons (Fsp3) is 0.385. The molecule has 0 unspecified atom stereocenters. The van der Waals surface area contributed by atoms with E-state index in [1.54, 1.807) is 28.4 Å². The molecular formula is C26H30N2O4S. The molecule has 0 radical (unpaired) electrons. The van der Waals surface area contributed by atoms with E-state index in [1.165, 1.54) is 16.7 Å². The standard InChI is InChI=1S/C26H30N2O4S/c1-4-19(3)28(26(30)23-6-5-14-31-23)16-25(29)27-13-11-24-21(12-15-33-24)22(27)17-32-20-9-7-18(2)8-10-20/h5-10,12,14-15,19,22H,4,11,13,16-17H2,1-3H3/t19-,22+/m1/s1. The first-order valence-electron chi connectivity index (χ1n) is 11.4. The highest BCUT2D eigenvalue weighted by molar-refractivity contribution is 7.10. The highest BCUT2D eigenvalue weighted by Gasteiger charge is 2.34. The second kappa shape index (κ2) is 10.3. The number of carbonyl (C=O) groups excluding carboxylic acids is 2. The molecule has 0 bridgehead atoms. The number of furan rings is 1. The van der Waals surface area contributed by atoms with E-state index in [4.69, 9.17) is 9.15 Å². The third-order valence-corrected chi connectivity index (χ3v) is 7.26. The molecule has 0 fully saturated rings. The number of rotatable bonds is 8. The second-order valence-corrected chi connectivity index (χ2v) is 9.44. The lowest BCUT2D eigenvalue weighted by Gasteiger charge is -2.38. The number of hydrogen-bond acceptors (Lipinski definition) is 5. The number of thiophene rings is 1. The van der Waals surface area contributed by atoms with Crippen LogP contribution < -0.4 is 4.74 Å². The van der Waals surface area contributed by atoms with Gasteiger partial charge in [-0.25, -0.2) is 0 Å². The quantitative estimate of drug-likeness (QED) is 0.464. The molecular weight excluding hydrogens is 436 g/mol. The maximum Gasteiger partial charge on any atom is 0.290 e. The Labute approximate surface area is 198 Å². The van der Waals surface area contributed by atoms with Crippen LogP contribution >= 0.6 is 11.3 Å². The lowest BCUT2D eigenvalue weighted by Crippen LogP contribution is -2.49. The number of benzene rings is 1. The Morgan fingerprint density at radius 3 is 2.73 bits per heavy atom. The molecule has 7 heteroatoms. The van der Waals surface area contributed by atoms with Gasteiger partial charge in [0.25, 0.3) is 5.91 Å². The van der Waals surface area contributed by atoms with Crippen molar-refractivity contribution >= 4 is 23.2 Å². The molecule has 2 amide bonds. The molecule has 1 aliphatic heterocycles. The molecule has 1 aromatic carbocycles. The van der Waals surface area contributed by atoms with Gasteiger partial charge in [-0.2, -0.15) is 0 Å². The van der Waals surface area contributed by atoms with E-state index >= 15 is 0 Å². The predicted molar refractivity (Wildman–Crippen MR) is 129 cm³/mol. The van der Waals surface area contributed by atoms with E-state index < -0.39 is 0 Å². The SMILES string of the molecule is CC[C@@H](C)N(CC(=O)N1CCc2sccc2[C@@H]1COc1ccc(C)cc1)C(=O)c1ccco1. The first-order chi connectivity index (χ1) is 16.0. The summed E-state index contributed by atoms with van der Waals surface area (Å²) < 4.78 is 11.4. The third kappa shape index (κ3) is 5.14. The van der Waals surface area contributed by atoms with Crippen molar-refractivity contribution in [1.82, 2.24) is 9.80 Å². The number of fused-ring (bicyclic) bond motifs is 1. The van der Waals surface area contributed by atoms with Gasteiger partial charge in [0.2, 0.25) is 5.91 Å². The van der Waals surface area contributed by atoms with E-state index in [-0.39, 0.29) is 36.2 Å². The summed E-state index contributed by atoms with van der Waals surface area (Å²) in [6, 6.07) is 13.1. The van der Waals surface area contributed by atoms with Gasteiger partial charge in [-0.1, -0.05) is 24.6 Å². The highest BCUT2D eigenvalue weighted by Crippen LogP contribution is 2.34. The molecule has 0 saturated carbocycles. The Kier molecular flexibility index (Phi) is 7.18. The molecule has 2 aromatic heterocycles. The summed E-state index contributed by atoms with van der Waals surface area (Å²) in [5.74, 6) is 0.693. The normalized spacial score (nSPS) is 16.2. The van der Waals surface area contributed by atoms with Gasteiger partial charge in [-0.3, -0.25) is 9.59 Å². The van der Waals surface area contributed by atoms with Gasteiger partial charge in [0, 0.05) is 17.5 Å². The Morgan fingerprint density at radius 2 is 2.03 bits per heavy atom. The zero-order valence-corrected chi connectivity index (χ0v) is 20.1. The van der Waals surface area contributed by atoms with E-state index in [0.29, 0.717) is 13.2 Å². The van der Waals surface area contributed by atoms with E-state index in [1.807, 2.05) is 49.9 Å². The second-order valence-electron chi connectivity index (χ2n) is 8.44. The van der Waals surface area contributed by atoms with Gasteiger partial charge in [0.05, 0.1) is 12.3 Å². The number of aryl methyl sites for hydroxylation is 1. The average Bonchev–Trinajstić information content (AvgIpc) is 3.53. The van der Waals surface area contributed by atoms with Crippen molar-refractivity contribution in [3.8, 4) is 5.75 Å². The van der Waals surface area contributed by atoms with Crippen LogP contribution in [0.4, 0.5) is 0 Å². The number of amides is 2. The van der Waals surface area contributed by atoms with Crippen LogP contribution in [0.5, 0.6) is 5.75 Å². The van der Waals surface area contributed by atoms with E-state index in [9.17, 15) is 9.59 Å². The first kappa shape index (κ1) is 23.1. The van der Waals surface area contributed by atoms with Crippen LogP contribution in [-0.4, -0.2) is 47.4 Å². The maximum absolute atomic E-state index is 13.6. The summed E-state index contributed by atoms with van der Waals surface area (Å²) >= 11 is 1.72. The van der Waals surface area contributed by atoms with Crippen molar-refractivity contribution in [3.05, 3.63) is 75.9 Å². The molecule has 0 aliphatic carbocycles. The maximum atomic E-state index is 13.6. The number of ether oxygens (including phenoxy) is 1. The van der Waals surface area contributed by atoms with Crippen molar-refractivity contribution < 1.29 is 18.7 Å². The minimum absolute atomic E-state index is 0.00897. The van der Waals surface area contributed by atoms with E-state index in [2.05, 4.69) is 11.4 Å². The van der Waals surface area contributed by atoms with Gasteiger partial charge >= 0.3 is 0 Å². The minimum Gasteiger partial charge on any atom is -0.491 e. The fourth-order valence-corrected chi connectivity index (χ4v) is 5.04. The Hall–Kier alpha value is -3.06. The smallest absolute Gasteiger partial charge is 0.290 e. The van der Waals surface area contributed by atoms with Gasteiger partial charge in [-0.15, -0.1) is 11.3 Å². The molecule has 3 heterocycles. The molecule has 4 rings (SSSR count). The summed E-state index contributed by atoms with van der Waals surface area (Å²) in [4.78, 5) is 31.4. The number of hydrogen-bond donors (Lipinski definition) is 0. The van der Waals surface area contributed by atoms with Crippen LogP contribution in [0.1, 0.15) is 52.9 Å². The number of carbonyl (C=O) groups is 2. The lowest BCUT2D eigenvalue weighted by molar-refractivity contribution is -0.136. The lowest BCUT2D eigenvalue weighted by atomic mass is 10.00. The summed E-state index contributed by atoms with van der Waals surface area (Å²) in [6.45, 7) is 6.99. The van der Waals surface area contributed by atoms with Crippen LogP contribution in [0.3, 0.4) is 0 Å². The van der Waals surface area contributed by atoms with Crippen molar-refractivity contribution in [2.24, 2.45) is 0 Å². The summed E-state index contributed by atoms with van der Waals surface area (Å²) in [5.41, 5.74) is 2.31. The molecule has 0 spiro atoms. The predicted octanol–water partition coefficient (Wildman–Crippen LogP) is 5.10. The first-order valence-corrected chi connectivity index (χ1v) is 12.3. The molecule has 0 saturated heterocycles. The Morgan fingerprint density at radius 1 is 1.24 bits per heavy atom. The van der Waals surface area contributed by atoms with Crippen LogP contribution in [0.2, 0.25) is 0 Å². The number of nitrogens with zero attached hydrogens (tertiary/aromatic N) is 2. The Balaban J connectivity index is 1.53. The molecule has 3 aromatic rings. The largest absolute Gasteiger partial charge is 0.491 e. The fourth-order valence-electron chi connectivity index (χ4n) is 4.11. The van der Waals surface area contributed by atoms with Crippen molar-refractivity contribution in [2.45, 2.75) is 45.7 Å². The van der Waals surface area contributed by atoms with Crippen LogP contribution in [0, 0.1) is 6.92 Å². The van der Waals surface area contributed by atoms with Crippen molar-refractivity contribution in [1.29, 1.82) is 0 Å². The van der Waals surface area contributed by atoms with Gasteiger partial charge in [0.1, 0.15) is 18.9 Å². The zero-order valence-electron chi connectivity index (χ0n) is 19.3. The topological polar surface area (TPSA) is 63.0 Å². The molecule has 33 heavy (non-hydrogen) atoms. The Bertz CT molecular complexity index is 1070. The van der Waals surface area contributed by atoms with Gasteiger partial charge in [-0.05, 0) is 68.0 Å². The van der Waals surface area contributed by atoms with Crippen molar-refractivity contribution in [2.75, 3.05) is 19.7 Å². The summed E-state index contributed by atoms with van der Waals surface area (Å²) in [5, 5.41) is 2.07. The molecule has 174 valence electrons. The van der Waals surface area contributed by atoms with Gasteiger partial charge in [0.15, 0.2) is 5.76 Å². The van der Waals surface area contributed by atoms with E-state index in [0.717, 1.165) is 24.2 Å². The third-order valence-electron chi connectivity index (χ3n) is 6.27.